The number of methoxy groups -OCH3 is 1. The number of carbonyl (C=O) groups excluding carboxylic acids is 1. The van der Waals surface area contributed by atoms with Crippen molar-refractivity contribution >= 4 is 17.5 Å². The molecule has 1 atom stereocenters. The molecule has 2 aromatic carbocycles. The van der Waals surface area contributed by atoms with Crippen molar-refractivity contribution in [1.29, 1.82) is 5.26 Å². The molecule has 0 unspecified atom stereocenters. The summed E-state index contributed by atoms with van der Waals surface area (Å²) in [5.74, 6) is 0.526. The first-order valence-electron chi connectivity index (χ1n) is 7.93. The Kier molecular flexibility index (Phi) is 7.27. The van der Waals surface area contributed by atoms with Gasteiger partial charge in [-0.1, -0.05) is 29.8 Å². The molecular weight excluding hydrogens is 356 g/mol. The lowest BCUT2D eigenvalue weighted by molar-refractivity contribution is -0.129. The van der Waals surface area contributed by atoms with E-state index in [4.69, 9.17) is 26.3 Å². The van der Waals surface area contributed by atoms with Crippen molar-refractivity contribution in [2.75, 3.05) is 20.3 Å². The summed E-state index contributed by atoms with van der Waals surface area (Å²) in [6.45, 7) is 0.291. The molecule has 0 saturated carbocycles. The molecule has 0 radical (unpaired) electrons. The topological polar surface area (TPSA) is 91.6 Å². The fourth-order valence-electron chi connectivity index (χ4n) is 2.32. The van der Waals surface area contributed by atoms with Crippen molar-refractivity contribution in [3.05, 3.63) is 58.6 Å². The summed E-state index contributed by atoms with van der Waals surface area (Å²) in [6, 6.07) is 13.7. The van der Waals surface area contributed by atoms with E-state index in [2.05, 4.69) is 5.32 Å². The molecule has 136 valence electrons. The number of nitrogens with zero attached hydrogens (tertiary/aromatic N) is 1. The van der Waals surface area contributed by atoms with Gasteiger partial charge in [-0.15, -0.1) is 0 Å². The van der Waals surface area contributed by atoms with Crippen LogP contribution in [0.2, 0.25) is 5.02 Å². The predicted octanol–water partition coefficient (Wildman–Crippen LogP) is 2.64. The number of halogens is 1. The van der Waals surface area contributed by atoms with Crippen LogP contribution in [0.3, 0.4) is 0 Å². The van der Waals surface area contributed by atoms with Gasteiger partial charge in [0.2, 0.25) is 0 Å². The number of hydrogen-bond acceptors (Lipinski definition) is 5. The van der Waals surface area contributed by atoms with Gasteiger partial charge >= 0.3 is 0 Å². The molecule has 0 aromatic heterocycles. The maximum atomic E-state index is 12.0. The number of nitriles is 1. The summed E-state index contributed by atoms with van der Waals surface area (Å²) in [4.78, 5) is 12.0. The molecule has 2 N–H and O–H groups in total. The van der Waals surface area contributed by atoms with E-state index < -0.39 is 12.0 Å². The van der Waals surface area contributed by atoms with Gasteiger partial charge in [-0.05, 0) is 41.8 Å². The molecule has 26 heavy (non-hydrogen) atoms. The third-order valence-corrected chi connectivity index (χ3v) is 3.92. The molecule has 0 aliphatic heterocycles. The highest BCUT2D eigenvalue weighted by Crippen LogP contribution is 2.28. The smallest absolute Gasteiger partial charge is 0.253 e. The van der Waals surface area contributed by atoms with Crippen LogP contribution >= 0.6 is 11.6 Å². The van der Waals surface area contributed by atoms with Crippen molar-refractivity contribution < 1.29 is 19.4 Å². The maximum Gasteiger partial charge on any atom is 0.253 e. The third-order valence-electron chi connectivity index (χ3n) is 3.67. The number of carbonyl (C=O) groups is 1. The van der Waals surface area contributed by atoms with Crippen molar-refractivity contribution in [3.8, 4) is 17.6 Å². The van der Waals surface area contributed by atoms with Crippen LogP contribution in [0.1, 0.15) is 17.2 Å². The standard InChI is InChI=1S/C19H19ClN2O4/c1-25-17-12-13(2-7-16(17)26-11-9-21)8-10-22-19(24)18(23)14-3-5-15(20)6-4-14/h2-7,12,18,23H,8,10-11H2,1H3,(H,22,24)/t18-/m1/s1. The van der Waals surface area contributed by atoms with Crippen LogP contribution in [0.15, 0.2) is 42.5 Å². The molecule has 0 heterocycles. The minimum absolute atomic E-state index is 0.0612. The van der Waals surface area contributed by atoms with E-state index in [0.29, 0.717) is 35.1 Å². The van der Waals surface area contributed by atoms with Gasteiger partial charge in [0, 0.05) is 11.6 Å². The summed E-state index contributed by atoms with van der Waals surface area (Å²) >= 11 is 5.79. The second-order valence-electron chi connectivity index (χ2n) is 5.43. The first kappa shape index (κ1) is 19.6. The lowest BCUT2D eigenvalue weighted by Gasteiger charge is -2.13. The lowest BCUT2D eigenvalue weighted by atomic mass is 10.1. The van der Waals surface area contributed by atoms with E-state index >= 15 is 0 Å². The van der Waals surface area contributed by atoms with E-state index in [1.165, 1.54) is 7.11 Å². The fraction of sp³-hybridized carbons (Fsp3) is 0.263. The van der Waals surface area contributed by atoms with Gasteiger partial charge in [0.15, 0.2) is 24.2 Å². The zero-order valence-corrected chi connectivity index (χ0v) is 15.0. The van der Waals surface area contributed by atoms with E-state index in [-0.39, 0.29) is 6.61 Å². The van der Waals surface area contributed by atoms with Crippen LogP contribution in [-0.2, 0) is 11.2 Å². The molecular formula is C19H19ClN2O4. The molecule has 2 aromatic rings. The summed E-state index contributed by atoms with van der Waals surface area (Å²) in [6.07, 6.45) is -0.697. The normalized spacial score (nSPS) is 11.3. The van der Waals surface area contributed by atoms with Gasteiger partial charge < -0.3 is 19.9 Å². The number of amides is 1. The van der Waals surface area contributed by atoms with Gasteiger partial charge in [0.25, 0.3) is 5.91 Å². The predicted molar refractivity (Wildman–Crippen MR) is 97.2 cm³/mol. The number of nitrogens with one attached hydrogen (secondary N) is 1. The number of rotatable bonds is 8. The zero-order valence-electron chi connectivity index (χ0n) is 14.2. The summed E-state index contributed by atoms with van der Waals surface area (Å²) in [5, 5.41) is 21.9. The lowest BCUT2D eigenvalue weighted by Crippen LogP contribution is -2.30. The average molecular weight is 375 g/mol. The molecule has 1 amide bonds. The average Bonchev–Trinajstić information content (AvgIpc) is 2.66. The van der Waals surface area contributed by atoms with Crippen molar-refractivity contribution in [2.24, 2.45) is 0 Å². The van der Waals surface area contributed by atoms with Crippen LogP contribution in [0.4, 0.5) is 0 Å². The van der Waals surface area contributed by atoms with Gasteiger partial charge in [-0.3, -0.25) is 4.79 Å². The first-order valence-corrected chi connectivity index (χ1v) is 8.31. The molecule has 0 bridgehead atoms. The van der Waals surface area contributed by atoms with Crippen molar-refractivity contribution in [1.82, 2.24) is 5.32 Å². The summed E-state index contributed by atoms with van der Waals surface area (Å²) in [5.41, 5.74) is 1.40. The molecule has 6 nitrogen and oxygen atoms in total. The number of aliphatic hydroxyl groups is 1. The van der Waals surface area contributed by atoms with Crippen molar-refractivity contribution in [3.63, 3.8) is 0 Å². The second-order valence-corrected chi connectivity index (χ2v) is 5.86. The second kappa shape index (κ2) is 9.66. The van der Waals surface area contributed by atoms with E-state index in [1.54, 1.807) is 36.4 Å². The molecule has 0 aliphatic rings. The van der Waals surface area contributed by atoms with E-state index in [1.807, 2.05) is 12.1 Å². The first-order chi connectivity index (χ1) is 12.5. The number of ether oxygens (including phenoxy) is 2. The molecule has 0 spiro atoms. The third kappa shape index (κ3) is 5.38. The van der Waals surface area contributed by atoms with Gasteiger partial charge in [-0.2, -0.15) is 5.26 Å². The zero-order chi connectivity index (χ0) is 18.9. The molecule has 0 aliphatic carbocycles. The van der Waals surface area contributed by atoms with Crippen molar-refractivity contribution in [2.45, 2.75) is 12.5 Å². The molecule has 7 heteroatoms. The Bertz CT molecular complexity index is 787. The minimum atomic E-state index is -1.25. The largest absolute Gasteiger partial charge is 0.493 e. The molecule has 0 saturated heterocycles. The van der Waals surface area contributed by atoms with Gasteiger partial charge in [0.1, 0.15) is 6.07 Å². The van der Waals surface area contributed by atoms with Crippen LogP contribution in [0.25, 0.3) is 0 Å². The Morgan fingerprint density at radius 2 is 2.00 bits per heavy atom. The van der Waals surface area contributed by atoms with Crippen LogP contribution < -0.4 is 14.8 Å². The molecule has 0 fully saturated rings. The quantitative estimate of drug-likeness (QED) is 0.741. The minimum Gasteiger partial charge on any atom is -0.493 e. The highest BCUT2D eigenvalue weighted by atomic mass is 35.5. The Labute approximate surface area is 156 Å². The summed E-state index contributed by atoms with van der Waals surface area (Å²) in [7, 11) is 1.52. The maximum absolute atomic E-state index is 12.0. The monoisotopic (exact) mass is 374 g/mol. The van der Waals surface area contributed by atoms with Gasteiger partial charge in [0.05, 0.1) is 7.11 Å². The Morgan fingerprint density at radius 1 is 1.27 bits per heavy atom. The Balaban J connectivity index is 1.89. The Morgan fingerprint density at radius 3 is 2.65 bits per heavy atom. The number of aliphatic hydroxyl groups excluding tert-OH is 1. The SMILES string of the molecule is COc1cc(CCNC(=O)[C@H](O)c2ccc(Cl)cc2)ccc1OCC#N. The highest BCUT2D eigenvalue weighted by Gasteiger charge is 2.16. The van der Waals surface area contributed by atoms with Crippen LogP contribution in [-0.4, -0.2) is 31.3 Å². The highest BCUT2D eigenvalue weighted by molar-refractivity contribution is 6.30. The van der Waals surface area contributed by atoms with Crippen LogP contribution in [0, 0.1) is 11.3 Å². The number of benzene rings is 2. The van der Waals surface area contributed by atoms with E-state index in [0.717, 1.165) is 5.56 Å². The van der Waals surface area contributed by atoms with E-state index in [9.17, 15) is 9.90 Å². The molecule has 2 rings (SSSR count). The van der Waals surface area contributed by atoms with Gasteiger partial charge in [-0.25, -0.2) is 0 Å². The number of hydrogen-bond donors (Lipinski definition) is 2. The fourth-order valence-corrected chi connectivity index (χ4v) is 2.45. The summed E-state index contributed by atoms with van der Waals surface area (Å²) < 4.78 is 10.5. The Hall–Kier alpha value is -2.75. The van der Waals surface area contributed by atoms with Crippen LogP contribution in [0.5, 0.6) is 11.5 Å².